The van der Waals surface area contributed by atoms with E-state index in [0.29, 0.717) is 5.75 Å². The van der Waals surface area contributed by atoms with Gasteiger partial charge in [0, 0.05) is 5.92 Å². The van der Waals surface area contributed by atoms with E-state index in [1.54, 1.807) is 42.5 Å². The molecular formula is C22H19O4P. The summed E-state index contributed by atoms with van der Waals surface area (Å²) in [4.78, 5) is 9.97. The standard InChI is InChI=1S/C22H19O4P/c23-27(24,25-19-9-2-1-3-10-19)26-20-15-13-18(14-16-20)22-12-6-8-17-7-4-5-11-21(17)22/h1-11,13-16,22H,12H2,(H,23,24). The normalized spacial score (nSPS) is 17.6. The molecular weight excluding hydrogens is 359 g/mol. The molecule has 0 fully saturated rings. The van der Waals surface area contributed by atoms with Crippen molar-refractivity contribution < 1.29 is 18.5 Å². The van der Waals surface area contributed by atoms with Crippen LogP contribution in [0.25, 0.3) is 6.08 Å². The second-order valence-electron chi connectivity index (χ2n) is 6.35. The molecule has 2 unspecified atom stereocenters. The molecule has 1 aliphatic rings. The minimum absolute atomic E-state index is 0.266. The maximum atomic E-state index is 12.2. The number of hydrogen-bond acceptors (Lipinski definition) is 3. The Morgan fingerprint density at radius 3 is 2.19 bits per heavy atom. The van der Waals surface area contributed by atoms with Gasteiger partial charge in [0.25, 0.3) is 0 Å². The molecule has 0 radical (unpaired) electrons. The molecule has 0 saturated heterocycles. The molecule has 136 valence electrons. The van der Waals surface area contributed by atoms with E-state index in [1.165, 1.54) is 11.1 Å². The van der Waals surface area contributed by atoms with Crippen LogP contribution in [0, 0.1) is 0 Å². The molecule has 1 N–H and O–H groups in total. The van der Waals surface area contributed by atoms with Crippen molar-refractivity contribution in [3.63, 3.8) is 0 Å². The minimum atomic E-state index is -4.25. The van der Waals surface area contributed by atoms with Crippen molar-refractivity contribution in [1.29, 1.82) is 0 Å². The predicted molar refractivity (Wildman–Crippen MR) is 106 cm³/mol. The highest BCUT2D eigenvalue weighted by Crippen LogP contribution is 2.44. The van der Waals surface area contributed by atoms with Gasteiger partial charge in [0.15, 0.2) is 0 Å². The summed E-state index contributed by atoms with van der Waals surface area (Å²) in [6.07, 6.45) is 5.24. The summed E-state index contributed by atoms with van der Waals surface area (Å²) in [5.41, 5.74) is 3.65. The van der Waals surface area contributed by atoms with Gasteiger partial charge in [0.05, 0.1) is 0 Å². The third kappa shape index (κ3) is 4.13. The Hall–Kier alpha value is -2.81. The van der Waals surface area contributed by atoms with Crippen molar-refractivity contribution >= 4 is 13.9 Å². The van der Waals surface area contributed by atoms with Gasteiger partial charge in [-0.2, -0.15) is 0 Å². The predicted octanol–water partition coefficient (Wildman–Crippen LogP) is 5.79. The molecule has 4 rings (SSSR count). The van der Waals surface area contributed by atoms with Crippen molar-refractivity contribution in [2.75, 3.05) is 0 Å². The van der Waals surface area contributed by atoms with Crippen LogP contribution in [0.1, 0.15) is 29.0 Å². The van der Waals surface area contributed by atoms with E-state index < -0.39 is 7.82 Å². The molecule has 0 amide bonds. The molecule has 0 aliphatic heterocycles. The zero-order valence-electron chi connectivity index (χ0n) is 14.6. The molecule has 3 aromatic rings. The number of para-hydroxylation sites is 1. The van der Waals surface area contributed by atoms with Gasteiger partial charge in [-0.15, -0.1) is 0 Å². The van der Waals surface area contributed by atoms with Crippen LogP contribution >= 0.6 is 7.82 Å². The highest BCUT2D eigenvalue weighted by Gasteiger charge is 2.25. The molecule has 4 nitrogen and oxygen atoms in total. The van der Waals surface area contributed by atoms with Crippen LogP contribution in [0.4, 0.5) is 0 Å². The monoisotopic (exact) mass is 378 g/mol. The van der Waals surface area contributed by atoms with Crippen LogP contribution < -0.4 is 9.05 Å². The molecule has 1 aliphatic carbocycles. The molecule has 0 spiro atoms. The quantitative estimate of drug-likeness (QED) is 0.571. The van der Waals surface area contributed by atoms with Crippen LogP contribution in [-0.4, -0.2) is 4.89 Å². The largest absolute Gasteiger partial charge is 0.584 e. The van der Waals surface area contributed by atoms with Gasteiger partial charge < -0.3 is 9.05 Å². The Morgan fingerprint density at radius 1 is 0.815 bits per heavy atom. The number of rotatable bonds is 5. The maximum Gasteiger partial charge on any atom is 0.584 e. The lowest BCUT2D eigenvalue weighted by Gasteiger charge is -2.22. The van der Waals surface area contributed by atoms with E-state index in [2.05, 4.69) is 24.3 Å². The lowest BCUT2D eigenvalue weighted by molar-refractivity contribution is 0.291. The van der Waals surface area contributed by atoms with Crippen LogP contribution in [-0.2, 0) is 4.57 Å². The summed E-state index contributed by atoms with van der Waals surface area (Å²) in [6, 6.07) is 24.0. The van der Waals surface area contributed by atoms with E-state index in [9.17, 15) is 9.46 Å². The molecule has 5 heteroatoms. The van der Waals surface area contributed by atoms with Gasteiger partial charge in [-0.3, -0.25) is 4.89 Å². The fourth-order valence-corrected chi connectivity index (χ4v) is 4.09. The summed E-state index contributed by atoms with van der Waals surface area (Å²) in [5.74, 6) is 0.840. The Bertz CT molecular complexity index is 996. The van der Waals surface area contributed by atoms with Crippen LogP contribution in [0.15, 0.2) is 84.9 Å². The van der Waals surface area contributed by atoms with E-state index in [1.807, 2.05) is 24.3 Å². The number of allylic oxidation sites excluding steroid dienone is 1. The highest BCUT2D eigenvalue weighted by molar-refractivity contribution is 7.48. The number of hydrogen-bond donors (Lipinski definition) is 1. The summed E-state index contributed by atoms with van der Waals surface area (Å²) in [5, 5.41) is 0. The lowest BCUT2D eigenvalue weighted by atomic mass is 9.82. The zero-order valence-corrected chi connectivity index (χ0v) is 15.5. The van der Waals surface area contributed by atoms with Crippen LogP contribution in [0.3, 0.4) is 0 Å². The molecule has 2 atom stereocenters. The third-order valence-electron chi connectivity index (χ3n) is 4.51. The molecule has 0 heterocycles. The second kappa shape index (κ2) is 7.43. The van der Waals surface area contributed by atoms with Crippen molar-refractivity contribution in [2.45, 2.75) is 12.3 Å². The van der Waals surface area contributed by atoms with Crippen molar-refractivity contribution in [2.24, 2.45) is 0 Å². The summed E-state index contributed by atoms with van der Waals surface area (Å²) in [6.45, 7) is 0. The number of phosphoric ester groups is 1. The fourth-order valence-electron chi connectivity index (χ4n) is 3.28. The van der Waals surface area contributed by atoms with Gasteiger partial charge in [-0.05, 0) is 47.4 Å². The van der Waals surface area contributed by atoms with E-state index in [-0.39, 0.29) is 11.7 Å². The lowest BCUT2D eigenvalue weighted by Crippen LogP contribution is -2.05. The number of fused-ring (bicyclic) bond motifs is 1. The second-order valence-corrected chi connectivity index (χ2v) is 7.66. The van der Waals surface area contributed by atoms with E-state index in [4.69, 9.17) is 9.05 Å². The first-order chi connectivity index (χ1) is 13.1. The SMILES string of the molecule is O=P(O)(Oc1ccccc1)Oc1ccc(C2CC=Cc3ccccc32)cc1. The molecule has 27 heavy (non-hydrogen) atoms. The van der Waals surface area contributed by atoms with Crippen molar-refractivity contribution in [3.05, 3.63) is 102 Å². The number of phosphoric acid groups is 1. The van der Waals surface area contributed by atoms with Crippen LogP contribution in [0.5, 0.6) is 11.5 Å². The third-order valence-corrected chi connectivity index (χ3v) is 5.39. The molecule has 0 saturated carbocycles. The van der Waals surface area contributed by atoms with E-state index >= 15 is 0 Å². The average molecular weight is 378 g/mol. The Kier molecular flexibility index (Phi) is 4.85. The Morgan fingerprint density at radius 2 is 1.44 bits per heavy atom. The smallest absolute Gasteiger partial charge is 0.395 e. The average Bonchev–Trinajstić information content (AvgIpc) is 2.68. The van der Waals surface area contributed by atoms with Gasteiger partial charge in [0.1, 0.15) is 11.5 Å². The Balaban J connectivity index is 1.50. The maximum absolute atomic E-state index is 12.2. The summed E-state index contributed by atoms with van der Waals surface area (Å²) in [7, 11) is -4.25. The van der Waals surface area contributed by atoms with E-state index in [0.717, 1.165) is 12.0 Å². The van der Waals surface area contributed by atoms with Gasteiger partial charge in [-0.25, -0.2) is 4.57 Å². The van der Waals surface area contributed by atoms with Crippen molar-refractivity contribution in [3.8, 4) is 11.5 Å². The molecule has 0 bridgehead atoms. The summed E-state index contributed by atoms with van der Waals surface area (Å²) >= 11 is 0. The zero-order chi connectivity index (χ0) is 18.7. The van der Waals surface area contributed by atoms with Gasteiger partial charge in [-0.1, -0.05) is 66.7 Å². The molecule has 3 aromatic carbocycles. The first-order valence-electron chi connectivity index (χ1n) is 8.73. The van der Waals surface area contributed by atoms with Gasteiger partial charge >= 0.3 is 7.82 Å². The minimum Gasteiger partial charge on any atom is -0.395 e. The van der Waals surface area contributed by atoms with Crippen molar-refractivity contribution in [1.82, 2.24) is 0 Å². The van der Waals surface area contributed by atoms with Gasteiger partial charge in [0.2, 0.25) is 0 Å². The first-order valence-corrected chi connectivity index (χ1v) is 10.2. The Labute approximate surface area is 158 Å². The topological polar surface area (TPSA) is 55.8 Å². The highest BCUT2D eigenvalue weighted by atomic mass is 31.2. The first kappa shape index (κ1) is 17.6. The molecule has 0 aromatic heterocycles. The fraction of sp³-hybridized carbons (Fsp3) is 0.0909. The summed E-state index contributed by atoms with van der Waals surface area (Å²) < 4.78 is 22.5. The number of benzene rings is 3. The van der Waals surface area contributed by atoms with Crippen LogP contribution in [0.2, 0.25) is 0 Å².